The van der Waals surface area contributed by atoms with Crippen molar-refractivity contribution in [3.63, 3.8) is 0 Å². The van der Waals surface area contributed by atoms with Gasteiger partial charge >= 0.3 is 0 Å². The predicted molar refractivity (Wildman–Crippen MR) is 72.9 cm³/mol. The Labute approximate surface area is 114 Å². The van der Waals surface area contributed by atoms with Gasteiger partial charge in [-0.3, -0.25) is 4.79 Å². The van der Waals surface area contributed by atoms with Gasteiger partial charge in [-0.2, -0.15) is 0 Å². The van der Waals surface area contributed by atoms with Crippen LogP contribution in [0.25, 0.3) is 0 Å². The molecule has 2 rings (SSSR count). The maximum absolute atomic E-state index is 12.4. The Morgan fingerprint density at radius 2 is 1.95 bits per heavy atom. The molecule has 0 radical (unpaired) electrons. The van der Waals surface area contributed by atoms with Crippen LogP contribution in [0.4, 0.5) is 0 Å². The number of hydrogen-bond acceptors (Lipinski definition) is 4. The summed E-state index contributed by atoms with van der Waals surface area (Å²) in [5.74, 6) is 0.166. The third-order valence-corrected chi connectivity index (χ3v) is 5.08. The van der Waals surface area contributed by atoms with Crippen LogP contribution in [0, 0.1) is 5.41 Å². The molecule has 1 aliphatic carbocycles. The highest BCUT2D eigenvalue weighted by Gasteiger charge is 2.45. The minimum Gasteiger partial charge on any atom is -0.342 e. The van der Waals surface area contributed by atoms with Crippen molar-refractivity contribution < 1.29 is 13.2 Å². The smallest absolute Gasteiger partial charge is 0.230 e. The molecule has 0 aromatic carbocycles. The first-order chi connectivity index (χ1) is 8.86. The molecule has 1 saturated carbocycles. The van der Waals surface area contributed by atoms with Gasteiger partial charge in [0, 0.05) is 25.7 Å². The summed E-state index contributed by atoms with van der Waals surface area (Å²) in [4.78, 5) is 14.3. The Kier molecular flexibility index (Phi) is 4.17. The SMILES string of the molecule is CS(=O)(=O)NC1CCN(C(=O)C2(CN)CCC2)CC1. The topological polar surface area (TPSA) is 92.5 Å². The molecule has 19 heavy (non-hydrogen) atoms. The van der Waals surface area contributed by atoms with Crippen LogP contribution in [0.5, 0.6) is 0 Å². The van der Waals surface area contributed by atoms with E-state index in [1.54, 1.807) is 0 Å². The van der Waals surface area contributed by atoms with E-state index in [9.17, 15) is 13.2 Å². The molecule has 0 atom stereocenters. The first-order valence-electron chi connectivity index (χ1n) is 6.83. The Balaban J connectivity index is 1.88. The normalized spacial score (nSPS) is 24.0. The summed E-state index contributed by atoms with van der Waals surface area (Å²) in [5, 5.41) is 0. The second-order valence-corrected chi connectivity index (χ2v) is 7.57. The van der Waals surface area contributed by atoms with E-state index in [0.717, 1.165) is 19.3 Å². The molecule has 2 fully saturated rings. The highest BCUT2D eigenvalue weighted by atomic mass is 32.2. The standard InChI is InChI=1S/C12H23N3O3S/c1-19(17,18)14-10-3-7-15(8-4-10)11(16)12(9-13)5-2-6-12/h10,14H,2-9,13H2,1H3. The van der Waals surface area contributed by atoms with Gasteiger partial charge in [0.2, 0.25) is 15.9 Å². The van der Waals surface area contributed by atoms with E-state index in [2.05, 4.69) is 4.72 Å². The quantitative estimate of drug-likeness (QED) is 0.740. The average Bonchev–Trinajstić information content (AvgIpc) is 2.27. The lowest BCUT2D eigenvalue weighted by Crippen LogP contribution is -2.55. The van der Waals surface area contributed by atoms with Crippen LogP contribution < -0.4 is 10.5 Å². The molecule has 0 aromatic heterocycles. The Bertz CT molecular complexity index is 432. The van der Waals surface area contributed by atoms with Crippen molar-refractivity contribution in [3.05, 3.63) is 0 Å². The molecule has 0 unspecified atom stereocenters. The zero-order valence-electron chi connectivity index (χ0n) is 11.4. The second-order valence-electron chi connectivity index (χ2n) is 5.79. The van der Waals surface area contributed by atoms with Gasteiger partial charge in [0.25, 0.3) is 0 Å². The minimum atomic E-state index is -3.16. The molecule has 0 bridgehead atoms. The van der Waals surface area contributed by atoms with E-state index in [4.69, 9.17) is 5.73 Å². The van der Waals surface area contributed by atoms with E-state index in [0.29, 0.717) is 32.5 Å². The summed E-state index contributed by atoms with van der Waals surface area (Å²) in [6.45, 7) is 1.66. The van der Waals surface area contributed by atoms with Crippen LogP contribution in [0.2, 0.25) is 0 Å². The van der Waals surface area contributed by atoms with E-state index < -0.39 is 10.0 Å². The number of amides is 1. The third-order valence-electron chi connectivity index (χ3n) is 4.32. The molecule has 1 aliphatic heterocycles. The van der Waals surface area contributed by atoms with Gasteiger partial charge in [-0.1, -0.05) is 6.42 Å². The molecule has 1 saturated heterocycles. The first kappa shape index (κ1) is 14.7. The van der Waals surface area contributed by atoms with Crippen molar-refractivity contribution in [1.29, 1.82) is 0 Å². The van der Waals surface area contributed by atoms with Crippen molar-refractivity contribution >= 4 is 15.9 Å². The second kappa shape index (κ2) is 5.38. The fourth-order valence-corrected chi connectivity index (χ4v) is 3.79. The Morgan fingerprint density at radius 3 is 2.32 bits per heavy atom. The van der Waals surface area contributed by atoms with Gasteiger partial charge in [-0.25, -0.2) is 13.1 Å². The molecule has 2 aliphatic rings. The van der Waals surface area contributed by atoms with E-state index in [1.807, 2.05) is 4.90 Å². The largest absolute Gasteiger partial charge is 0.342 e. The maximum atomic E-state index is 12.4. The van der Waals surface area contributed by atoms with Crippen LogP contribution >= 0.6 is 0 Å². The van der Waals surface area contributed by atoms with E-state index >= 15 is 0 Å². The maximum Gasteiger partial charge on any atom is 0.230 e. The van der Waals surface area contributed by atoms with Gasteiger partial charge in [0.15, 0.2) is 0 Å². The Hall–Kier alpha value is -0.660. The molecule has 3 N–H and O–H groups in total. The fraction of sp³-hybridized carbons (Fsp3) is 0.917. The molecule has 6 nitrogen and oxygen atoms in total. The lowest BCUT2D eigenvalue weighted by molar-refractivity contribution is -0.147. The van der Waals surface area contributed by atoms with Gasteiger partial charge in [0.05, 0.1) is 11.7 Å². The number of hydrogen-bond donors (Lipinski definition) is 2. The molecular weight excluding hydrogens is 266 g/mol. The molecule has 1 heterocycles. The summed E-state index contributed by atoms with van der Waals surface area (Å²) >= 11 is 0. The number of piperidine rings is 1. The highest BCUT2D eigenvalue weighted by molar-refractivity contribution is 7.88. The first-order valence-corrected chi connectivity index (χ1v) is 8.72. The van der Waals surface area contributed by atoms with Crippen LogP contribution in [0.15, 0.2) is 0 Å². The monoisotopic (exact) mass is 289 g/mol. The predicted octanol–water partition coefficient (Wildman–Crippen LogP) is -0.344. The van der Waals surface area contributed by atoms with Crippen LogP contribution in [0.3, 0.4) is 0 Å². The molecule has 0 aromatic rings. The summed E-state index contributed by atoms with van der Waals surface area (Å²) in [7, 11) is -3.16. The van der Waals surface area contributed by atoms with Crippen LogP contribution in [0.1, 0.15) is 32.1 Å². The van der Waals surface area contributed by atoms with Gasteiger partial charge < -0.3 is 10.6 Å². The summed E-state index contributed by atoms with van der Waals surface area (Å²) < 4.78 is 24.9. The van der Waals surface area contributed by atoms with Crippen molar-refractivity contribution in [2.24, 2.45) is 11.1 Å². The number of sulfonamides is 1. The van der Waals surface area contributed by atoms with Crippen molar-refractivity contribution in [2.75, 3.05) is 25.9 Å². The lowest BCUT2D eigenvalue weighted by Gasteiger charge is -2.44. The Morgan fingerprint density at radius 1 is 1.37 bits per heavy atom. The van der Waals surface area contributed by atoms with Crippen LogP contribution in [-0.4, -0.2) is 51.2 Å². The number of likely N-dealkylation sites (tertiary alicyclic amines) is 1. The number of rotatable bonds is 4. The number of carbonyl (C=O) groups excluding carboxylic acids is 1. The highest BCUT2D eigenvalue weighted by Crippen LogP contribution is 2.41. The summed E-state index contributed by atoms with van der Waals surface area (Å²) in [6, 6.07) is -0.0470. The third kappa shape index (κ3) is 3.27. The van der Waals surface area contributed by atoms with Crippen molar-refractivity contribution in [2.45, 2.75) is 38.1 Å². The van der Waals surface area contributed by atoms with Gasteiger partial charge in [-0.15, -0.1) is 0 Å². The molecule has 0 spiro atoms. The molecule has 110 valence electrons. The molecule has 1 amide bonds. The zero-order chi connectivity index (χ0) is 14.1. The van der Waals surface area contributed by atoms with Crippen molar-refractivity contribution in [3.8, 4) is 0 Å². The number of nitrogens with two attached hydrogens (primary N) is 1. The number of carbonyl (C=O) groups is 1. The average molecular weight is 289 g/mol. The summed E-state index contributed by atoms with van der Waals surface area (Å²) in [5.41, 5.74) is 5.43. The van der Waals surface area contributed by atoms with Crippen LogP contribution in [-0.2, 0) is 14.8 Å². The minimum absolute atomic E-state index is 0.0470. The lowest BCUT2D eigenvalue weighted by atomic mass is 9.67. The van der Waals surface area contributed by atoms with Crippen molar-refractivity contribution in [1.82, 2.24) is 9.62 Å². The van der Waals surface area contributed by atoms with Gasteiger partial charge in [0.1, 0.15) is 0 Å². The summed E-state index contributed by atoms with van der Waals surface area (Å²) in [6.07, 6.45) is 5.39. The number of nitrogens with zero attached hydrogens (tertiary/aromatic N) is 1. The number of nitrogens with one attached hydrogen (secondary N) is 1. The molecule has 7 heteroatoms. The fourth-order valence-electron chi connectivity index (χ4n) is 2.95. The van der Waals surface area contributed by atoms with E-state index in [1.165, 1.54) is 6.26 Å². The molecular formula is C12H23N3O3S. The van der Waals surface area contributed by atoms with E-state index in [-0.39, 0.29) is 17.4 Å². The zero-order valence-corrected chi connectivity index (χ0v) is 12.2. The van der Waals surface area contributed by atoms with Gasteiger partial charge in [-0.05, 0) is 25.7 Å².